The molecule has 4 rings (SSSR count). The number of aromatic nitrogens is 2. The van der Waals surface area contributed by atoms with Crippen LogP contribution in [0.1, 0.15) is 32.1 Å². The van der Waals surface area contributed by atoms with Gasteiger partial charge in [-0.15, -0.1) is 5.10 Å². The number of benzene rings is 2. The van der Waals surface area contributed by atoms with Gasteiger partial charge in [-0.3, -0.25) is 9.59 Å². The Morgan fingerprint density at radius 1 is 1.10 bits per heavy atom. The first-order valence-electron chi connectivity index (χ1n) is 9.10. The number of amides is 1. The molecule has 1 amide bonds. The van der Waals surface area contributed by atoms with Gasteiger partial charge >= 0.3 is 0 Å². The number of halogens is 1. The molecule has 0 fully saturated rings. The molecule has 0 saturated carbocycles. The van der Waals surface area contributed by atoms with Crippen molar-refractivity contribution in [3.05, 3.63) is 104 Å². The highest BCUT2D eigenvalue weighted by atomic mass is 32.1. The fourth-order valence-corrected chi connectivity index (χ4v) is 3.99. The van der Waals surface area contributed by atoms with Gasteiger partial charge in [-0.25, -0.2) is 4.39 Å². The van der Waals surface area contributed by atoms with Gasteiger partial charge in [-0.05, 0) is 41.8 Å². The minimum Gasteiger partial charge on any atom is -0.346 e. The smallest absolute Gasteiger partial charge is 0.282 e. The van der Waals surface area contributed by atoms with Crippen molar-refractivity contribution >= 4 is 22.1 Å². The summed E-state index contributed by atoms with van der Waals surface area (Å²) in [5.74, 6) is -0.635. The van der Waals surface area contributed by atoms with E-state index in [9.17, 15) is 14.0 Å². The van der Waals surface area contributed by atoms with Crippen molar-refractivity contribution in [2.24, 2.45) is 0 Å². The van der Waals surface area contributed by atoms with Crippen LogP contribution in [0.25, 0.3) is 4.83 Å². The number of hydrogen-bond donors (Lipinski definition) is 1. The van der Waals surface area contributed by atoms with Crippen LogP contribution in [0.5, 0.6) is 0 Å². The van der Waals surface area contributed by atoms with E-state index in [1.165, 1.54) is 28.0 Å². The van der Waals surface area contributed by atoms with Crippen LogP contribution in [0.15, 0.2) is 65.5 Å². The van der Waals surface area contributed by atoms with Crippen molar-refractivity contribution in [1.82, 2.24) is 14.9 Å². The summed E-state index contributed by atoms with van der Waals surface area (Å²) < 4.78 is 14.4. The largest absolute Gasteiger partial charge is 0.346 e. The van der Waals surface area contributed by atoms with Gasteiger partial charge in [0.05, 0.1) is 0 Å². The van der Waals surface area contributed by atoms with Crippen molar-refractivity contribution in [2.75, 3.05) is 0 Å². The maximum atomic E-state index is 13.1. The molecule has 5 nitrogen and oxygen atoms in total. The molecule has 0 spiro atoms. The maximum Gasteiger partial charge on any atom is 0.282 e. The van der Waals surface area contributed by atoms with Crippen molar-refractivity contribution in [3.8, 4) is 0 Å². The summed E-state index contributed by atoms with van der Waals surface area (Å²) in [6.45, 7) is 2.27. The molecule has 2 aromatic heterocycles. The highest BCUT2D eigenvalue weighted by molar-refractivity contribution is 7.19. The number of carbonyl (C=O) groups is 1. The van der Waals surface area contributed by atoms with Gasteiger partial charge in [-0.2, -0.15) is 4.52 Å². The van der Waals surface area contributed by atoms with E-state index in [1.807, 2.05) is 43.3 Å². The minimum absolute atomic E-state index is 0.236. The molecule has 0 aliphatic rings. The Hall–Kier alpha value is -3.32. The van der Waals surface area contributed by atoms with Gasteiger partial charge in [0.15, 0.2) is 0 Å². The van der Waals surface area contributed by atoms with E-state index in [0.29, 0.717) is 23.4 Å². The number of fused-ring (bicyclic) bond motifs is 1. The SMILES string of the molecule is Cc1cc(Cc2ccc(F)cc2)c(=O)n2nc(C(=O)NCc3ccccc3)sc12. The highest BCUT2D eigenvalue weighted by Crippen LogP contribution is 2.19. The number of nitrogens with one attached hydrogen (secondary N) is 1. The second kappa shape index (κ2) is 7.97. The first-order chi connectivity index (χ1) is 14.0. The average Bonchev–Trinajstić information content (AvgIpc) is 3.19. The van der Waals surface area contributed by atoms with Crippen LogP contribution in [0.4, 0.5) is 4.39 Å². The minimum atomic E-state index is -0.318. The summed E-state index contributed by atoms with van der Waals surface area (Å²) >= 11 is 1.19. The van der Waals surface area contributed by atoms with E-state index < -0.39 is 0 Å². The summed E-state index contributed by atoms with van der Waals surface area (Å²) in [6.07, 6.45) is 0.371. The Labute approximate surface area is 170 Å². The number of rotatable bonds is 5. The molecule has 146 valence electrons. The van der Waals surface area contributed by atoms with Crippen LogP contribution in [-0.2, 0) is 13.0 Å². The van der Waals surface area contributed by atoms with Gasteiger partial charge in [0.25, 0.3) is 11.5 Å². The molecular weight excluding hydrogens is 389 g/mol. The van der Waals surface area contributed by atoms with Gasteiger partial charge in [-0.1, -0.05) is 53.8 Å². The molecule has 0 aliphatic heterocycles. The second-order valence-electron chi connectivity index (χ2n) is 6.75. The number of carbonyl (C=O) groups excluding carboxylic acids is 1. The summed E-state index contributed by atoms with van der Waals surface area (Å²) in [4.78, 5) is 26.0. The van der Waals surface area contributed by atoms with E-state index in [4.69, 9.17) is 0 Å². The predicted octanol–water partition coefficient (Wildman–Crippen LogP) is 3.72. The van der Waals surface area contributed by atoms with Gasteiger partial charge < -0.3 is 5.32 Å². The molecule has 0 unspecified atom stereocenters. The molecule has 2 heterocycles. The zero-order chi connectivity index (χ0) is 20.4. The lowest BCUT2D eigenvalue weighted by atomic mass is 10.1. The Kier molecular flexibility index (Phi) is 5.22. The molecule has 0 saturated heterocycles. The highest BCUT2D eigenvalue weighted by Gasteiger charge is 2.17. The van der Waals surface area contributed by atoms with Crippen LogP contribution in [0.2, 0.25) is 0 Å². The van der Waals surface area contributed by atoms with Gasteiger partial charge in [0, 0.05) is 18.5 Å². The third-order valence-corrected chi connectivity index (χ3v) is 5.72. The zero-order valence-corrected chi connectivity index (χ0v) is 16.5. The van der Waals surface area contributed by atoms with Crippen molar-refractivity contribution in [1.29, 1.82) is 0 Å². The van der Waals surface area contributed by atoms with Crippen molar-refractivity contribution in [3.63, 3.8) is 0 Å². The summed E-state index contributed by atoms with van der Waals surface area (Å²) in [5.41, 5.74) is 2.96. The van der Waals surface area contributed by atoms with Crippen LogP contribution >= 0.6 is 11.3 Å². The molecule has 7 heteroatoms. The number of hydrogen-bond acceptors (Lipinski definition) is 4. The molecule has 4 aromatic rings. The molecule has 1 N–H and O–H groups in total. The van der Waals surface area contributed by atoms with E-state index in [-0.39, 0.29) is 22.3 Å². The van der Waals surface area contributed by atoms with Gasteiger partial charge in [0.1, 0.15) is 10.6 Å². The van der Waals surface area contributed by atoms with E-state index in [1.54, 1.807) is 12.1 Å². The van der Waals surface area contributed by atoms with E-state index >= 15 is 0 Å². The van der Waals surface area contributed by atoms with Crippen molar-refractivity contribution < 1.29 is 9.18 Å². The maximum absolute atomic E-state index is 13.1. The quantitative estimate of drug-likeness (QED) is 0.548. The van der Waals surface area contributed by atoms with E-state index in [2.05, 4.69) is 10.4 Å². The third kappa shape index (κ3) is 4.09. The lowest BCUT2D eigenvalue weighted by Gasteiger charge is -2.04. The third-order valence-electron chi connectivity index (χ3n) is 4.57. The summed E-state index contributed by atoms with van der Waals surface area (Å²) in [5, 5.41) is 7.32. The zero-order valence-electron chi connectivity index (χ0n) is 15.7. The molecule has 0 aliphatic carbocycles. The molecule has 2 aromatic carbocycles. The Morgan fingerprint density at radius 3 is 2.55 bits per heavy atom. The fourth-order valence-electron chi connectivity index (χ4n) is 3.09. The lowest BCUT2D eigenvalue weighted by molar-refractivity contribution is 0.0949. The average molecular weight is 407 g/mol. The first kappa shape index (κ1) is 19.0. The van der Waals surface area contributed by atoms with Crippen LogP contribution in [-0.4, -0.2) is 15.5 Å². The predicted molar refractivity (Wildman–Crippen MR) is 111 cm³/mol. The second-order valence-corrected chi connectivity index (χ2v) is 7.73. The standard InChI is InChI=1S/C22H18FN3O2S/c1-14-11-17(12-15-7-9-18(23)10-8-15)21(28)26-22(14)29-20(25-26)19(27)24-13-16-5-3-2-4-6-16/h2-11H,12-13H2,1H3,(H,24,27). The molecule has 0 atom stereocenters. The topological polar surface area (TPSA) is 63.5 Å². The van der Waals surface area contributed by atoms with Crippen LogP contribution < -0.4 is 10.9 Å². The normalized spacial score (nSPS) is 11.0. The Bertz CT molecular complexity index is 1230. The fraction of sp³-hybridized carbons (Fsp3) is 0.136. The lowest BCUT2D eigenvalue weighted by Crippen LogP contribution is -2.24. The Balaban J connectivity index is 1.60. The molecule has 0 bridgehead atoms. The number of pyridine rings is 1. The molecular formula is C22H18FN3O2S. The first-order valence-corrected chi connectivity index (χ1v) is 9.92. The summed E-state index contributed by atoms with van der Waals surface area (Å²) in [6, 6.07) is 17.4. The Morgan fingerprint density at radius 2 is 1.83 bits per heavy atom. The van der Waals surface area contributed by atoms with Crippen LogP contribution in [0, 0.1) is 12.7 Å². The van der Waals surface area contributed by atoms with Crippen molar-refractivity contribution in [2.45, 2.75) is 19.9 Å². The monoisotopic (exact) mass is 407 g/mol. The number of aryl methyl sites for hydroxylation is 1. The summed E-state index contributed by atoms with van der Waals surface area (Å²) in [7, 11) is 0. The number of nitrogens with zero attached hydrogens (tertiary/aromatic N) is 2. The van der Waals surface area contributed by atoms with Crippen LogP contribution in [0.3, 0.4) is 0 Å². The van der Waals surface area contributed by atoms with E-state index in [0.717, 1.165) is 16.7 Å². The molecule has 29 heavy (non-hydrogen) atoms. The molecule has 0 radical (unpaired) electrons. The van der Waals surface area contributed by atoms with Gasteiger partial charge in [0.2, 0.25) is 5.01 Å².